The first-order valence-corrected chi connectivity index (χ1v) is 10.1. The van der Waals surface area contributed by atoms with Gasteiger partial charge in [-0.15, -0.1) is 0 Å². The van der Waals surface area contributed by atoms with Gasteiger partial charge in [0.1, 0.15) is 5.41 Å². The summed E-state index contributed by atoms with van der Waals surface area (Å²) in [4.78, 5) is 33.3. The SMILES string of the molecule is COC(=O)N1CC2(C1)C(=O)N(Cc1ncc3ccccc3c1Br)c1ccccc12. The molecule has 2 amide bonds. The molecule has 3 heterocycles. The smallest absolute Gasteiger partial charge is 0.409 e. The lowest BCUT2D eigenvalue weighted by Crippen LogP contribution is -2.65. The van der Waals surface area contributed by atoms with Crippen LogP contribution in [-0.2, 0) is 21.5 Å². The molecule has 0 aliphatic carbocycles. The fourth-order valence-electron chi connectivity index (χ4n) is 4.35. The Balaban J connectivity index is 1.51. The maximum absolute atomic E-state index is 13.5. The van der Waals surface area contributed by atoms with Crippen LogP contribution < -0.4 is 4.90 Å². The summed E-state index contributed by atoms with van der Waals surface area (Å²) in [5.74, 6) is 0.000659. The molecular weight excluding hydrogens is 434 g/mol. The van der Waals surface area contributed by atoms with Gasteiger partial charge >= 0.3 is 6.09 Å². The number of nitrogens with zero attached hydrogens (tertiary/aromatic N) is 3. The highest BCUT2D eigenvalue weighted by Crippen LogP contribution is 2.48. The summed E-state index contributed by atoms with van der Waals surface area (Å²) in [5, 5.41) is 2.10. The zero-order valence-electron chi connectivity index (χ0n) is 15.8. The van der Waals surface area contributed by atoms with Gasteiger partial charge in [0, 0.05) is 34.8 Å². The van der Waals surface area contributed by atoms with E-state index >= 15 is 0 Å². The first-order chi connectivity index (χ1) is 14.0. The van der Waals surface area contributed by atoms with E-state index in [1.54, 1.807) is 9.80 Å². The van der Waals surface area contributed by atoms with Crippen molar-refractivity contribution < 1.29 is 14.3 Å². The van der Waals surface area contributed by atoms with Crippen molar-refractivity contribution in [1.82, 2.24) is 9.88 Å². The topological polar surface area (TPSA) is 62.7 Å². The molecule has 0 bridgehead atoms. The van der Waals surface area contributed by atoms with Crippen molar-refractivity contribution >= 4 is 44.4 Å². The summed E-state index contributed by atoms with van der Waals surface area (Å²) >= 11 is 3.68. The fraction of sp³-hybridized carbons (Fsp3) is 0.227. The Labute approximate surface area is 176 Å². The molecule has 1 spiro atoms. The lowest BCUT2D eigenvalue weighted by Gasteiger charge is -2.45. The Morgan fingerprint density at radius 1 is 1.17 bits per heavy atom. The maximum atomic E-state index is 13.5. The second kappa shape index (κ2) is 6.56. The molecule has 3 aromatic rings. The second-order valence-corrected chi connectivity index (χ2v) is 8.22. The van der Waals surface area contributed by atoms with E-state index in [1.807, 2.05) is 54.7 Å². The van der Waals surface area contributed by atoms with Gasteiger partial charge in [-0.3, -0.25) is 9.78 Å². The summed E-state index contributed by atoms with van der Waals surface area (Å²) in [6.07, 6.45) is 1.43. The van der Waals surface area contributed by atoms with Gasteiger partial charge in [0.05, 0.1) is 19.3 Å². The number of para-hydroxylation sites is 1. The van der Waals surface area contributed by atoms with Crippen LogP contribution in [0, 0.1) is 0 Å². The minimum Gasteiger partial charge on any atom is -0.453 e. The van der Waals surface area contributed by atoms with Gasteiger partial charge in [0.2, 0.25) is 5.91 Å². The molecule has 1 fully saturated rings. The summed E-state index contributed by atoms with van der Waals surface area (Å²) in [6.45, 7) is 1.03. The van der Waals surface area contributed by atoms with Crippen LogP contribution in [0.5, 0.6) is 0 Å². The van der Waals surface area contributed by atoms with Crippen LogP contribution in [0.15, 0.2) is 59.2 Å². The van der Waals surface area contributed by atoms with Crippen molar-refractivity contribution in [1.29, 1.82) is 0 Å². The number of ether oxygens (including phenoxy) is 1. The molecule has 0 unspecified atom stereocenters. The maximum Gasteiger partial charge on any atom is 0.409 e. The highest BCUT2D eigenvalue weighted by Gasteiger charge is 2.59. The number of hydrogen-bond acceptors (Lipinski definition) is 4. The normalized spacial score (nSPS) is 16.8. The van der Waals surface area contributed by atoms with Gasteiger partial charge < -0.3 is 14.5 Å². The second-order valence-electron chi connectivity index (χ2n) is 7.42. The van der Waals surface area contributed by atoms with Gasteiger partial charge in [0.25, 0.3) is 0 Å². The van der Waals surface area contributed by atoms with Gasteiger partial charge in [-0.05, 0) is 32.9 Å². The number of hydrogen-bond donors (Lipinski definition) is 0. The summed E-state index contributed by atoms with van der Waals surface area (Å²) in [7, 11) is 1.35. The Kier molecular flexibility index (Phi) is 4.10. The molecule has 6 nitrogen and oxygen atoms in total. The van der Waals surface area contributed by atoms with Crippen LogP contribution in [0.25, 0.3) is 10.8 Å². The number of carbonyl (C=O) groups is 2. The van der Waals surface area contributed by atoms with Gasteiger partial charge in [0.15, 0.2) is 0 Å². The molecule has 146 valence electrons. The predicted octanol–water partition coefficient (Wildman–Crippen LogP) is 3.86. The van der Waals surface area contributed by atoms with E-state index in [2.05, 4.69) is 20.9 Å². The van der Waals surface area contributed by atoms with Crippen LogP contribution in [0.2, 0.25) is 0 Å². The number of halogens is 1. The number of amides is 2. The van der Waals surface area contributed by atoms with Crippen molar-refractivity contribution in [2.24, 2.45) is 0 Å². The fourth-order valence-corrected chi connectivity index (χ4v) is 4.94. The minimum atomic E-state index is -0.700. The number of rotatable bonds is 2. The van der Waals surface area contributed by atoms with E-state index < -0.39 is 11.5 Å². The average molecular weight is 452 g/mol. The molecular formula is C22H18BrN3O3. The van der Waals surface area contributed by atoms with E-state index in [4.69, 9.17) is 4.74 Å². The third-order valence-electron chi connectivity index (χ3n) is 5.84. The zero-order valence-corrected chi connectivity index (χ0v) is 17.3. The van der Waals surface area contributed by atoms with Crippen molar-refractivity contribution in [3.05, 3.63) is 70.5 Å². The van der Waals surface area contributed by atoms with E-state index in [-0.39, 0.29) is 5.91 Å². The predicted molar refractivity (Wildman–Crippen MR) is 113 cm³/mol. The lowest BCUT2D eigenvalue weighted by molar-refractivity contribution is -0.128. The molecule has 7 heteroatoms. The molecule has 29 heavy (non-hydrogen) atoms. The quantitative estimate of drug-likeness (QED) is 0.593. The summed E-state index contributed by atoms with van der Waals surface area (Å²) in [5.41, 5.74) is 1.94. The third kappa shape index (κ3) is 2.57. The van der Waals surface area contributed by atoms with Crippen molar-refractivity contribution in [2.45, 2.75) is 12.0 Å². The Bertz CT molecular complexity index is 1160. The monoisotopic (exact) mass is 451 g/mol. The molecule has 5 rings (SSSR count). The first kappa shape index (κ1) is 18.1. The van der Waals surface area contributed by atoms with E-state index in [0.717, 1.165) is 32.2 Å². The molecule has 2 aromatic carbocycles. The van der Waals surface area contributed by atoms with Crippen molar-refractivity contribution in [2.75, 3.05) is 25.1 Å². The lowest BCUT2D eigenvalue weighted by atomic mass is 9.75. The summed E-state index contributed by atoms with van der Waals surface area (Å²) < 4.78 is 5.70. The number of fused-ring (bicyclic) bond motifs is 3. The first-order valence-electron chi connectivity index (χ1n) is 9.31. The molecule has 1 aromatic heterocycles. The molecule has 2 aliphatic rings. The molecule has 0 N–H and O–H groups in total. The van der Waals surface area contributed by atoms with Gasteiger partial charge in [-0.1, -0.05) is 42.5 Å². The summed E-state index contributed by atoms with van der Waals surface area (Å²) in [6, 6.07) is 15.8. The average Bonchev–Trinajstić information content (AvgIpc) is 2.97. The molecule has 2 aliphatic heterocycles. The van der Waals surface area contributed by atoms with Crippen LogP contribution >= 0.6 is 15.9 Å². The number of methoxy groups -OCH3 is 1. The van der Waals surface area contributed by atoms with E-state index in [0.29, 0.717) is 19.6 Å². The minimum absolute atomic E-state index is 0.000659. The Hall–Kier alpha value is -2.93. The van der Waals surface area contributed by atoms with E-state index in [1.165, 1.54) is 7.11 Å². The van der Waals surface area contributed by atoms with Crippen LogP contribution in [0.1, 0.15) is 11.3 Å². The van der Waals surface area contributed by atoms with Crippen molar-refractivity contribution in [3.8, 4) is 0 Å². The van der Waals surface area contributed by atoms with Crippen molar-refractivity contribution in [3.63, 3.8) is 0 Å². The van der Waals surface area contributed by atoms with E-state index in [9.17, 15) is 9.59 Å². The number of likely N-dealkylation sites (tertiary alicyclic amines) is 1. The standard InChI is InChI=1S/C22H18BrN3O3/c1-29-21(28)25-12-22(13-25)16-8-4-5-9-18(16)26(20(22)27)11-17-19(23)15-7-3-2-6-14(15)10-24-17/h2-10H,11-13H2,1H3. The van der Waals surface area contributed by atoms with Gasteiger partial charge in [-0.25, -0.2) is 4.79 Å². The van der Waals surface area contributed by atoms with Crippen LogP contribution in [0.3, 0.4) is 0 Å². The Morgan fingerprint density at radius 2 is 1.90 bits per heavy atom. The number of benzene rings is 2. The molecule has 0 atom stereocenters. The largest absolute Gasteiger partial charge is 0.453 e. The Morgan fingerprint density at radius 3 is 2.69 bits per heavy atom. The number of carbonyl (C=O) groups excluding carboxylic acids is 2. The zero-order chi connectivity index (χ0) is 20.2. The highest BCUT2D eigenvalue weighted by atomic mass is 79.9. The van der Waals surface area contributed by atoms with Crippen LogP contribution in [0.4, 0.5) is 10.5 Å². The van der Waals surface area contributed by atoms with Crippen LogP contribution in [-0.4, -0.2) is 42.1 Å². The molecule has 1 saturated heterocycles. The number of pyridine rings is 1. The number of aromatic nitrogens is 1. The highest BCUT2D eigenvalue weighted by molar-refractivity contribution is 9.10. The number of anilines is 1. The third-order valence-corrected chi connectivity index (χ3v) is 6.72. The molecule has 0 saturated carbocycles. The molecule has 0 radical (unpaired) electrons. The van der Waals surface area contributed by atoms with Gasteiger partial charge in [-0.2, -0.15) is 0 Å².